The summed E-state index contributed by atoms with van der Waals surface area (Å²) in [7, 11) is 4.18. The van der Waals surface area contributed by atoms with Crippen molar-refractivity contribution in [3.8, 4) is 28.7 Å². The van der Waals surface area contributed by atoms with Crippen LogP contribution in [0.3, 0.4) is 0 Å². The van der Waals surface area contributed by atoms with Crippen LogP contribution in [0.25, 0.3) is 93.6 Å². The smallest absolute Gasteiger partial charge is 0.242 e. The van der Waals surface area contributed by atoms with Gasteiger partial charge in [-0.3, -0.25) is 0 Å². The van der Waals surface area contributed by atoms with E-state index >= 15 is 0 Å². The van der Waals surface area contributed by atoms with Crippen LogP contribution in [0.2, 0.25) is 0 Å². The molecule has 5 aromatic heterocycles. The summed E-state index contributed by atoms with van der Waals surface area (Å²) >= 11 is 0. The molecule has 12 aromatic rings. The van der Waals surface area contributed by atoms with Gasteiger partial charge in [0.15, 0.2) is 0 Å². The first-order chi connectivity index (χ1) is 28.1. The first-order valence-electron chi connectivity index (χ1n) is 19.0. The second kappa shape index (κ2) is 13.1. The van der Waals surface area contributed by atoms with Gasteiger partial charge in [-0.25, -0.2) is 4.98 Å². The van der Waals surface area contributed by atoms with Crippen LogP contribution >= 0.6 is 0 Å². The summed E-state index contributed by atoms with van der Waals surface area (Å²) in [6.45, 7) is 0. The molecule has 7 aromatic carbocycles. The van der Waals surface area contributed by atoms with E-state index in [1.807, 2.05) is 70.9 Å². The first kappa shape index (κ1) is 34.3. The molecule has 58 heavy (non-hydrogen) atoms. The standard InChI is InChI=1S/C50H32N6O.Pt/c1-52-31-54(42-24-11-10-23-41(42)52)33-17-14-18-34(29-33)57-35-26-27-38-43(30-35)56(44-25-12-13-28-51-44)50-46(38)45-37-20-7-9-22-40(37)55(32-15-4-3-5-16-32)48(45)47-36-19-6-8-21-39(36)53(2)49(47)50;/h3-28H,1-2H3;/q-2;. The fourth-order valence-corrected chi connectivity index (χ4v) is 9.05. The Labute approximate surface area is 347 Å². The van der Waals surface area contributed by atoms with E-state index in [1.165, 1.54) is 27.1 Å². The zero-order valence-electron chi connectivity index (χ0n) is 31.4. The molecule has 0 fully saturated rings. The summed E-state index contributed by atoms with van der Waals surface area (Å²) in [4.78, 5) is 4.97. The normalized spacial score (nSPS) is 11.8. The predicted molar refractivity (Wildman–Crippen MR) is 228 cm³/mol. The molecular formula is C50H32N6OPt-2. The predicted octanol–water partition coefficient (Wildman–Crippen LogP) is 10.9. The van der Waals surface area contributed by atoms with E-state index < -0.39 is 0 Å². The molecule has 0 N–H and O–H groups in total. The van der Waals surface area contributed by atoms with Crippen molar-refractivity contribution in [3.63, 3.8) is 0 Å². The quantitative estimate of drug-likeness (QED) is 0.128. The second-order valence-corrected chi connectivity index (χ2v) is 14.5. The zero-order chi connectivity index (χ0) is 37.8. The van der Waals surface area contributed by atoms with Crippen LogP contribution in [0.5, 0.6) is 11.5 Å². The van der Waals surface area contributed by atoms with Crippen molar-refractivity contribution in [2.75, 3.05) is 0 Å². The number of nitrogens with zero attached hydrogens (tertiary/aromatic N) is 6. The molecule has 0 aliphatic rings. The summed E-state index contributed by atoms with van der Waals surface area (Å²) in [5.74, 6) is 1.97. The average molecular weight is 928 g/mol. The van der Waals surface area contributed by atoms with Crippen LogP contribution in [-0.4, -0.2) is 23.3 Å². The molecule has 0 radical (unpaired) electrons. The van der Waals surface area contributed by atoms with Crippen LogP contribution < -0.4 is 9.30 Å². The van der Waals surface area contributed by atoms with Gasteiger partial charge in [0.05, 0.1) is 40.1 Å². The topological polar surface area (TPSA) is 45.7 Å². The molecule has 8 heteroatoms. The van der Waals surface area contributed by atoms with Crippen LogP contribution in [0.4, 0.5) is 0 Å². The maximum atomic E-state index is 6.65. The molecule has 0 amide bonds. The van der Waals surface area contributed by atoms with Gasteiger partial charge in [0.2, 0.25) is 6.33 Å². The molecule has 0 bridgehead atoms. The number of fused-ring (bicyclic) bond motifs is 13. The van der Waals surface area contributed by atoms with E-state index in [4.69, 9.17) is 9.72 Å². The number of aryl methyl sites for hydroxylation is 2. The number of ether oxygens (including phenoxy) is 1. The molecule has 0 aliphatic heterocycles. The first-order valence-corrected chi connectivity index (χ1v) is 19.0. The average Bonchev–Trinajstić information content (AvgIpc) is 3.98. The summed E-state index contributed by atoms with van der Waals surface area (Å²) in [5.41, 5.74) is 10.6. The minimum absolute atomic E-state index is 0. The van der Waals surface area contributed by atoms with Crippen molar-refractivity contribution in [2.24, 2.45) is 14.1 Å². The SMILES string of the molecule is Cn1[c-][n+](-c2[c-]c(Oc3[c-]c4c(cc3)c3c5c6ccccc6n(-c6ccccc6)c5c5c6ccccc6n(C)c5c3n4-c3ccccn3)ccc2)c2ccccc21.[Pt]. The fraction of sp³-hybridized carbons (Fsp3) is 0.0400. The number of para-hydroxylation sites is 5. The third-order valence-corrected chi connectivity index (χ3v) is 11.4. The summed E-state index contributed by atoms with van der Waals surface area (Å²) in [6.07, 6.45) is 5.27. The van der Waals surface area contributed by atoms with Crippen molar-refractivity contribution in [1.29, 1.82) is 0 Å². The van der Waals surface area contributed by atoms with Crippen molar-refractivity contribution in [3.05, 3.63) is 176 Å². The monoisotopic (exact) mass is 927 g/mol. The molecule has 0 aliphatic carbocycles. The number of benzene rings is 7. The van der Waals surface area contributed by atoms with Crippen molar-refractivity contribution in [1.82, 2.24) is 23.3 Å². The number of aromatic nitrogens is 6. The Kier molecular flexibility index (Phi) is 7.72. The molecule has 5 heterocycles. The Morgan fingerprint density at radius 1 is 0.534 bits per heavy atom. The van der Waals surface area contributed by atoms with Crippen LogP contribution in [-0.2, 0) is 35.2 Å². The Balaban J connectivity index is 0.00000385. The molecule has 12 rings (SSSR count). The number of pyridine rings is 1. The molecule has 0 saturated carbocycles. The Bertz CT molecular complexity index is 3580. The Morgan fingerprint density at radius 3 is 2.03 bits per heavy atom. The van der Waals surface area contributed by atoms with Gasteiger partial charge in [0.1, 0.15) is 5.82 Å². The fourth-order valence-electron chi connectivity index (χ4n) is 9.05. The van der Waals surface area contributed by atoms with Crippen molar-refractivity contribution < 1.29 is 30.4 Å². The van der Waals surface area contributed by atoms with Crippen LogP contribution in [0, 0.1) is 18.5 Å². The molecule has 0 spiro atoms. The van der Waals surface area contributed by atoms with E-state index in [9.17, 15) is 0 Å². The third-order valence-electron chi connectivity index (χ3n) is 11.4. The van der Waals surface area contributed by atoms with Gasteiger partial charge in [-0.2, -0.15) is 18.2 Å². The maximum absolute atomic E-state index is 6.65. The molecule has 0 saturated heterocycles. The van der Waals surface area contributed by atoms with Crippen LogP contribution in [0.15, 0.2) is 158 Å². The largest absolute Gasteiger partial charge is 0.510 e. The van der Waals surface area contributed by atoms with Gasteiger partial charge in [-0.05, 0) is 41.8 Å². The van der Waals surface area contributed by atoms with Crippen molar-refractivity contribution >= 4 is 76.5 Å². The molecule has 7 nitrogen and oxygen atoms in total. The van der Waals surface area contributed by atoms with Crippen LogP contribution in [0.1, 0.15) is 0 Å². The number of imidazole rings is 1. The van der Waals surface area contributed by atoms with E-state index in [0.29, 0.717) is 11.5 Å². The molecule has 0 atom stereocenters. The zero-order valence-corrected chi connectivity index (χ0v) is 33.7. The minimum Gasteiger partial charge on any atom is -0.510 e. The van der Waals surface area contributed by atoms with Gasteiger partial charge in [-0.1, -0.05) is 96.1 Å². The van der Waals surface area contributed by atoms with Crippen molar-refractivity contribution in [2.45, 2.75) is 0 Å². The molecule has 280 valence electrons. The maximum Gasteiger partial charge on any atom is 0.242 e. The minimum atomic E-state index is 0. The number of rotatable bonds is 5. The van der Waals surface area contributed by atoms with E-state index in [2.05, 4.69) is 142 Å². The van der Waals surface area contributed by atoms with Gasteiger partial charge in [-0.15, -0.1) is 29.7 Å². The molecular weight excluding hydrogens is 896 g/mol. The summed E-state index contributed by atoms with van der Waals surface area (Å²) in [6, 6.07) is 59.9. The van der Waals surface area contributed by atoms with Gasteiger partial charge < -0.3 is 27.6 Å². The third kappa shape index (κ3) is 4.83. The number of hydrogen-bond acceptors (Lipinski definition) is 2. The van der Waals surface area contributed by atoms with E-state index in [0.717, 1.165) is 66.6 Å². The van der Waals surface area contributed by atoms with E-state index in [1.54, 1.807) is 0 Å². The Morgan fingerprint density at radius 2 is 1.22 bits per heavy atom. The summed E-state index contributed by atoms with van der Waals surface area (Å²) < 4.78 is 17.7. The second-order valence-electron chi connectivity index (χ2n) is 14.5. The van der Waals surface area contributed by atoms with E-state index in [-0.39, 0.29) is 21.1 Å². The van der Waals surface area contributed by atoms with Gasteiger partial charge in [0, 0.05) is 78.6 Å². The van der Waals surface area contributed by atoms with Gasteiger partial charge >= 0.3 is 0 Å². The molecule has 0 unspecified atom stereocenters. The summed E-state index contributed by atoms with van der Waals surface area (Å²) in [5, 5.41) is 6.99. The number of hydrogen-bond donors (Lipinski definition) is 0. The van der Waals surface area contributed by atoms with Gasteiger partial charge in [0.25, 0.3) is 0 Å². The Hall–Kier alpha value is -6.95.